The first-order valence-corrected chi connectivity index (χ1v) is 10.1. The molecule has 3 aromatic heterocycles. The van der Waals surface area contributed by atoms with Crippen LogP contribution in [0.5, 0.6) is 0 Å². The highest BCUT2D eigenvalue weighted by atomic mass is 35.5. The Morgan fingerprint density at radius 1 is 1.39 bits per heavy atom. The Hall–Kier alpha value is -2.57. The molecule has 0 amide bonds. The van der Waals surface area contributed by atoms with Gasteiger partial charge in [0.2, 0.25) is 0 Å². The number of H-pyrrole nitrogens is 1. The molecule has 0 aliphatic carbocycles. The largest absolute Gasteiger partial charge is 0.490 e. The zero-order valence-corrected chi connectivity index (χ0v) is 17.9. The van der Waals surface area contributed by atoms with Gasteiger partial charge < -0.3 is 20.5 Å². The first-order valence-electron chi connectivity index (χ1n) is 8.90. The minimum Gasteiger partial charge on any atom is -0.475 e. The number of alkyl halides is 3. The number of aliphatic hydroxyl groups excluding tert-OH is 1. The third kappa shape index (κ3) is 6.97. The van der Waals surface area contributed by atoms with Crippen molar-refractivity contribution >= 4 is 46.2 Å². The monoisotopic (exact) mass is 477 g/mol. The molecule has 0 bridgehead atoms. The molecule has 3 heterocycles. The summed E-state index contributed by atoms with van der Waals surface area (Å²) < 4.78 is 31.7. The molecule has 1 atom stereocenters. The number of anilines is 1. The summed E-state index contributed by atoms with van der Waals surface area (Å²) in [6.07, 6.45) is -1.31. The normalized spacial score (nSPS) is 12.2. The second kappa shape index (κ2) is 10.6. The van der Waals surface area contributed by atoms with Gasteiger partial charge in [-0.2, -0.15) is 13.2 Å². The average molecular weight is 478 g/mol. The summed E-state index contributed by atoms with van der Waals surface area (Å²) in [6, 6.07) is 3.82. The van der Waals surface area contributed by atoms with Gasteiger partial charge in [-0.15, -0.1) is 0 Å². The Balaban J connectivity index is 0.000000423. The van der Waals surface area contributed by atoms with Crippen molar-refractivity contribution < 1.29 is 28.2 Å². The molecule has 0 saturated heterocycles. The molecule has 8 nitrogen and oxygen atoms in total. The van der Waals surface area contributed by atoms with E-state index < -0.39 is 18.2 Å². The molecule has 0 radical (unpaired) electrons. The van der Waals surface area contributed by atoms with Crippen molar-refractivity contribution in [2.45, 2.75) is 42.6 Å². The zero-order chi connectivity index (χ0) is 23.2. The molecule has 0 spiro atoms. The van der Waals surface area contributed by atoms with Crippen molar-refractivity contribution in [3.63, 3.8) is 0 Å². The molecule has 0 fully saturated rings. The van der Waals surface area contributed by atoms with Crippen molar-refractivity contribution in [3.8, 4) is 0 Å². The predicted octanol–water partition coefficient (Wildman–Crippen LogP) is 4.15. The Bertz CT molecular complexity index is 1030. The van der Waals surface area contributed by atoms with Crippen LogP contribution in [0.4, 0.5) is 19.0 Å². The van der Waals surface area contributed by atoms with Crippen LogP contribution in [-0.4, -0.2) is 54.9 Å². The number of aliphatic hydroxyl groups is 1. The zero-order valence-electron chi connectivity index (χ0n) is 16.4. The Labute approximate surface area is 184 Å². The van der Waals surface area contributed by atoms with Crippen LogP contribution in [0.15, 0.2) is 34.6 Å². The van der Waals surface area contributed by atoms with E-state index in [2.05, 4.69) is 25.3 Å². The maximum absolute atomic E-state index is 10.6. The van der Waals surface area contributed by atoms with Crippen molar-refractivity contribution in [3.05, 3.63) is 35.2 Å². The highest BCUT2D eigenvalue weighted by Crippen LogP contribution is 2.34. The van der Waals surface area contributed by atoms with Gasteiger partial charge >= 0.3 is 12.1 Å². The summed E-state index contributed by atoms with van der Waals surface area (Å²) >= 11 is 7.88. The number of aliphatic carboxylic acids is 1. The number of nitrogens with one attached hydrogen (secondary N) is 2. The summed E-state index contributed by atoms with van der Waals surface area (Å²) in [4.78, 5) is 26.3. The molecule has 0 unspecified atom stereocenters. The van der Waals surface area contributed by atoms with Crippen molar-refractivity contribution in [1.29, 1.82) is 0 Å². The first-order chi connectivity index (χ1) is 14.5. The van der Waals surface area contributed by atoms with Crippen LogP contribution in [0.25, 0.3) is 11.0 Å². The fourth-order valence-electron chi connectivity index (χ4n) is 2.26. The summed E-state index contributed by atoms with van der Waals surface area (Å²) in [7, 11) is 0. The molecule has 0 aliphatic heterocycles. The number of aryl methyl sites for hydroxylation is 1. The Morgan fingerprint density at radius 3 is 2.58 bits per heavy atom. The molecule has 0 aliphatic rings. The fourth-order valence-corrected chi connectivity index (χ4v) is 3.37. The lowest BCUT2D eigenvalue weighted by Gasteiger charge is -2.10. The Kier molecular flexibility index (Phi) is 8.48. The molecule has 168 valence electrons. The highest BCUT2D eigenvalue weighted by Gasteiger charge is 2.38. The number of hydrogen-bond donors (Lipinski definition) is 4. The average Bonchev–Trinajstić information content (AvgIpc) is 3.02. The van der Waals surface area contributed by atoms with Gasteiger partial charge in [0, 0.05) is 29.5 Å². The van der Waals surface area contributed by atoms with Crippen LogP contribution in [0.1, 0.15) is 19.5 Å². The first kappa shape index (κ1) is 24.7. The number of rotatable bonds is 6. The van der Waals surface area contributed by atoms with Gasteiger partial charge in [-0.1, -0.05) is 18.5 Å². The lowest BCUT2D eigenvalue weighted by atomic mass is 10.3. The van der Waals surface area contributed by atoms with E-state index in [1.807, 2.05) is 19.1 Å². The van der Waals surface area contributed by atoms with Crippen molar-refractivity contribution in [2.75, 3.05) is 11.9 Å². The summed E-state index contributed by atoms with van der Waals surface area (Å²) in [5, 5.41) is 21.8. The van der Waals surface area contributed by atoms with Gasteiger partial charge in [-0.05, 0) is 37.2 Å². The van der Waals surface area contributed by atoms with Gasteiger partial charge in [0.25, 0.3) is 0 Å². The van der Waals surface area contributed by atoms with Crippen LogP contribution in [-0.2, 0) is 11.2 Å². The van der Waals surface area contributed by atoms with E-state index >= 15 is 0 Å². The number of halogens is 4. The molecular formula is C18H19ClF3N5O3S. The van der Waals surface area contributed by atoms with Crippen LogP contribution < -0.4 is 5.32 Å². The third-order valence-electron chi connectivity index (χ3n) is 3.65. The van der Waals surface area contributed by atoms with Gasteiger partial charge in [-0.25, -0.2) is 14.8 Å². The number of carbonyl (C=O) groups is 1. The molecule has 3 rings (SSSR count). The summed E-state index contributed by atoms with van der Waals surface area (Å²) in [5.74, 6) is -2.14. The number of fused-ring (bicyclic) bond motifs is 1. The van der Waals surface area contributed by atoms with Crippen molar-refractivity contribution in [2.24, 2.45) is 0 Å². The Morgan fingerprint density at radius 2 is 2.06 bits per heavy atom. The van der Waals surface area contributed by atoms with Crippen LogP contribution in [0.3, 0.4) is 0 Å². The molecular weight excluding hydrogens is 459 g/mol. The summed E-state index contributed by atoms with van der Waals surface area (Å²) in [5.41, 5.74) is 1.61. The van der Waals surface area contributed by atoms with Crippen LogP contribution in [0, 0.1) is 0 Å². The maximum Gasteiger partial charge on any atom is 0.490 e. The molecule has 31 heavy (non-hydrogen) atoms. The van der Waals surface area contributed by atoms with Crippen molar-refractivity contribution in [1.82, 2.24) is 19.9 Å². The minimum absolute atomic E-state index is 0.381. The SMILES string of the molecule is CCc1[nH]c2nc(Sc3cccnc3)nc(NC[C@H](C)O)c2c1Cl.O=C(O)C(F)(F)F. The number of hydrogen-bond acceptors (Lipinski definition) is 7. The number of aromatic nitrogens is 4. The summed E-state index contributed by atoms with van der Waals surface area (Å²) in [6.45, 7) is 4.12. The van der Waals surface area contributed by atoms with Gasteiger partial charge in [0.1, 0.15) is 11.5 Å². The standard InChI is InChI=1S/C16H18ClN5OS.C2HF3O2/c1-3-11-13(17)12-14(19-7-9(2)23)21-16(22-15(12)20-11)24-10-5-4-6-18-8-10;3-2(4,5)1(6)7/h4-6,8-9,23H,3,7H2,1-2H3,(H2,19,20,21,22);(H,6,7)/t9-;/m0./s1. The highest BCUT2D eigenvalue weighted by molar-refractivity contribution is 7.99. The second-order valence-corrected chi connectivity index (χ2v) is 7.59. The third-order valence-corrected chi connectivity index (χ3v) is 4.91. The fraction of sp³-hybridized carbons (Fsp3) is 0.333. The molecule has 4 N–H and O–H groups in total. The lowest BCUT2D eigenvalue weighted by molar-refractivity contribution is -0.192. The number of carboxylic acid groups (broad SMARTS) is 1. The second-order valence-electron chi connectivity index (χ2n) is 6.17. The predicted molar refractivity (Wildman–Crippen MR) is 110 cm³/mol. The number of aromatic amines is 1. The molecule has 13 heteroatoms. The number of pyridine rings is 1. The smallest absolute Gasteiger partial charge is 0.475 e. The molecule has 0 saturated carbocycles. The quantitative estimate of drug-likeness (QED) is 0.390. The number of nitrogens with zero attached hydrogens (tertiary/aromatic N) is 3. The minimum atomic E-state index is -5.08. The lowest BCUT2D eigenvalue weighted by Crippen LogP contribution is -2.21. The van der Waals surface area contributed by atoms with E-state index in [0.717, 1.165) is 22.4 Å². The van der Waals surface area contributed by atoms with E-state index in [-0.39, 0.29) is 0 Å². The van der Waals surface area contributed by atoms with E-state index in [9.17, 15) is 18.3 Å². The number of carboxylic acids is 1. The molecule has 3 aromatic rings. The van der Waals surface area contributed by atoms with E-state index in [1.165, 1.54) is 11.8 Å². The van der Waals surface area contributed by atoms with E-state index in [0.29, 0.717) is 28.2 Å². The topological polar surface area (TPSA) is 124 Å². The maximum atomic E-state index is 10.6. The van der Waals surface area contributed by atoms with E-state index in [1.54, 1.807) is 19.3 Å². The molecule has 0 aromatic carbocycles. The van der Waals surface area contributed by atoms with E-state index in [4.69, 9.17) is 21.5 Å². The van der Waals surface area contributed by atoms with Gasteiger partial charge in [-0.3, -0.25) is 4.98 Å². The van der Waals surface area contributed by atoms with Gasteiger partial charge in [0.05, 0.1) is 16.5 Å². The van der Waals surface area contributed by atoms with Gasteiger partial charge in [0.15, 0.2) is 5.16 Å². The van der Waals surface area contributed by atoms with Crippen LogP contribution in [0.2, 0.25) is 5.02 Å². The van der Waals surface area contributed by atoms with Crippen LogP contribution >= 0.6 is 23.4 Å².